The molecule has 0 aromatic heterocycles. The average Bonchev–Trinajstić information content (AvgIpc) is 3.09. The van der Waals surface area contributed by atoms with Crippen LogP contribution in [0.3, 0.4) is 0 Å². The number of nitrogens with one attached hydrogen (secondary N) is 1. The molecule has 0 aliphatic heterocycles. The number of carbonyl (C=O) groups excluding carboxylic acids is 2. The lowest BCUT2D eigenvalue weighted by atomic mass is 10.0. The molecule has 0 heterocycles. The standard InChI is InChI=1S/C38H45N3O6S/c1-6-7-22-39-38(43)34(24-30-13-9-8-10-14-30)40(26-31-15-11-12-29(3)23-31)37(42)27-41(32-18-16-28(2)17-19-32)48(44,45)33-20-21-35(46-4)36(25-33)47-5/h8-21,23,25,34H,6-7,22,24,26-27H2,1-5H3,(H,39,43). The van der Waals surface area contributed by atoms with Gasteiger partial charge in [-0.05, 0) is 55.7 Å². The quantitative estimate of drug-likeness (QED) is 0.145. The molecule has 0 fully saturated rings. The Kier molecular flexibility index (Phi) is 12.6. The van der Waals surface area contributed by atoms with Gasteiger partial charge in [0.1, 0.15) is 12.6 Å². The van der Waals surface area contributed by atoms with Gasteiger partial charge in [-0.3, -0.25) is 13.9 Å². The third-order valence-electron chi connectivity index (χ3n) is 8.08. The van der Waals surface area contributed by atoms with E-state index in [1.54, 1.807) is 24.3 Å². The Morgan fingerprint density at radius 2 is 1.48 bits per heavy atom. The number of benzene rings is 4. The third-order valence-corrected chi connectivity index (χ3v) is 9.85. The fourth-order valence-corrected chi connectivity index (χ4v) is 6.84. The van der Waals surface area contributed by atoms with E-state index in [-0.39, 0.29) is 29.5 Å². The summed E-state index contributed by atoms with van der Waals surface area (Å²) in [6, 6.07) is 27.6. The molecule has 4 aromatic rings. The second-order valence-electron chi connectivity index (χ2n) is 11.7. The summed E-state index contributed by atoms with van der Waals surface area (Å²) >= 11 is 0. The van der Waals surface area contributed by atoms with Gasteiger partial charge in [-0.2, -0.15) is 0 Å². The van der Waals surface area contributed by atoms with Crippen LogP contribution in [0.4, 0.5) is 5.69 Å². The lowest BCUT2D eigenvalue weighted by molar-refractivity contribution is -0.140. The van der Waals surface area contributed by atoms with Gasteiger partial charge < -0.3 is 19.7 Å². The minimum Gasteiger partial charge on any atom is -0.493 e. The summed E-state index contributed by atoms with van der Waals surface area (Å²) in [5.41, 5.74) is 3.95. The van der Waals surface area contributed by atoms with Crippen molar-refractivity contribution < 1.29 is 27.5 Å². The van der Waals surface area contributed by atoms with E-state index in [1.165, 1.54) is 37.3 Å². The van der Waals surface area contributed by atoms with Gasteiger partial charge in [-0.15, -0.1) is 0 Å². The number of anilines is 1. The molecule has 48 heavy (non-hydrogen) atoms. The van der Waals surface area contributed by atoms with Crippen molar-refractivity contribution >= 4 is 27.5 Å². The molecular formula is C38H45N3O6S. The minimum atomic E-state index is -4.31. The average molecular weight is 672 g/mol. The number of aryl methyl sites for hydroxylation is 2. The number of sulfonamides is 1. The molecule has 1 atom stereocenters. The second kappa shape index (κ2) is 16.8. The number of nitrogens with zero attached hydrogens (tertiary/aromatic N) is 2. The van der Waals surface area contributed by atoms with E-state index >= 15 is 0 Å². The Balaban J connectivity index is 1.81. The van der Waals surface area contributed by atoms with Crippen molar-refractivity contribution in [3.8, 4) is 11.5 Å². The van der Waals surface area contributed by atoms with Gasteiger partial charge in [0.15, 0.2) is 11.5 Å². The first-order chi connectivity index (χ1) is 23.1. The number of methoxy groups -OCH3 is 2. The molecule has 2 amide bonds. The van der Waals surface area contributed by atoms with Crippen LogP contribution < -0.4 is 19.1 Å². The van der Waals surface area contributed by atoms with Crippen LogP contribution in [0.2, 0.25) is 0 Å². The van der Waals surface area contributed by atoms with Crippen molar-refractivity contribution in [2.45, 2.75) is 57.5 Å². The largest absolute Gasteiger partial charge is 0.493 e. The Morgan fingerprint density at radius 3 is 2.12 bits per heavy atom. The zero-order chi connectivity index (χ0) is 34.7. The van der Waals surface area contributed by atoms with E-state index in [9.17, 15) is 18.0 Å². The number of carbonyl (C=O) groups is 2. The monoisotopic (exact) mass is 671 g/mol. The van der Waals surface area contributed by atoms with Crippen molar-refractivity contribution in [3.05, 3.63) is 119 Å². The summed E-state index contributed by atoms with van der Waals surface area (Å²) < 4.78 is 40.6. The van der Waals surface area contributed by atoms with Crippen LogP contribution in [0.15, 0.2) is 102 Å². The van der Waals surface area contributed by atoms with Crippen molar-refractivity contribution in [3.63, 3.8) is 0 Å². The van der Waals surface area contributed by atoms with Crippen LogP contribution in [-0.2, 0) is 32.6 Å². The van der Waals surface area contributed by atoms with Gasteiger partial charge in [0, 0.05) is 25.6 Å². The molecule has 0 radical (unpaired) electrons. The molecule has 1 N–H and O–H groups in total. The number of hydrogen-bond donors (Lipinski definition) is 1. The van der Waals surface area contributed by atoms with Crippen LogP contribution in [0.5, 0.6) is 11.5 Å². The van der Waals surface area contributed by atoms with Crippen LogP contribution >= 0.6 is 0 Å². The summed E-state index contributed by atoms with van der Waals surface area (Å²) in [6.45, 7) is 5.94. The van der Waals surface area contributed by atoms with Crippen LogP contribution in [0.25, 0.3) is 0 Å². The highest BCUT2D eigenvalue weighted by molar-refractivity contribution is 7.92. The van der Waals surface area contributed by atoms with E-state index in [2.05, 4.69) is 5.32 Å². The first kappa shape index (κ1) is 36.0. The molecule has 1 unspecified atom stereocenters. The maximum Gasteiger partial charge on any atom is 0.264 e. The van der Waals surface area contributed by atoms with Gasteiger partial charge in [-0.25, -0.2) is 8.42 Å². The van der Waals surface area contributed by atoms with Crippen molar-refractivity contribution in [1.29, 1.82) is 0 Å². The Morgan fingerprint density at radius 1 is 0.792 bits per heavy atom. The number of rotatable bonds is 16. The predicted molar refractivity (Wildman–Crippen MR) is 189 cm³/mol. The molecule has 0 aliphatic rings. The lowest BCUT2D eigenvalue weighted by Gasteiger charge is -2.34. The SMILES string of the molecule is CCCCNC(=O)C(Cc1ccccc1)N(Cc1cccc(C)c1)C(=O)CN(c1ccc(C)cc1)S(=O)(=O)c1ccc(OC)c(OC)c1. The lowest BCUT2D eigenvalue weighted by Crippen LogP contribution is -2.53. The number of amides is 2. The molecule has 0 saturated heterocycles. The Labute approximate surface area is 284 Å². The normalized spacial score (nSPS) is 11.8. The zero-order valence-electron chi connectivity index (χ0n) is 28.3. The van der Waals surface area contributed by atoms with Gasteiger partial charge in [0.25, 0.3) is 10.0 Å². The molecule has 10 heteroatoms. The highest BCUT2D eigenvalue weighted by Gasteiger charge is 2.35. The van der Waals surface area contributed by atoms with E-state index in [1.807, 2.05) is 75.4 Å². The first-order valence-corrected chi connectivity index (χ1v) is 17.5. The predicted octanol–water partition coefficient (Wildman–Crippen LogP) is 6.07. The summed E-state index contributed by atoms with van der Waals surface area (Å²) in [4.78, 5) is 30.0. The molecule has 0 spiro atoms. The number of unbranched alkanes of at least 4 members (excludes halogenated alkanes) is 1. The summed E-state index contributed by atoms with van der Waals surface area (Å²) in [5.74, 6) is -0.205. The van der Waals surface area contributed by atoms with E-state index < -0.39 is 28.5 Å². The first-order valence-electron chi connectivity index (χ1n) is 16.1. The Hall–Kier alpha value is -4.83. The second-order valence-corrected chi connectivity index (χ2v) is 13.6. The Bertz CT molecular complexity index is 1780. The van der Waals surface area contributed by atoms with E-state index in [4.69, 9.17) is 9.47 Å². The molecule has 254 valence electrons. The van der Waals surface area contributed by atoms with Crippen molar-refractivity contribution in [1.82, 2.24) is 10.2 Å². The minimum absolute atomic E-state index is 0.0723. The topological polar surface area (TPSA) is 105 Å². The summed E-state index contributed by atoms with van der Waals surface area (Å²) in [5, 5.41) is 3.02. The summed E-state index contributed by atoms with van der Waals surface area (Å²) in [7, 11) is -1.41. The van der Waals surface area contributed by atoms with Gasteiger partial charge in [-0.1, -0.05) is 91.2 Å². The molecule has 4 rings (SSSR count). The molecule has 9 nitrogen and oxygen atoms in total. The maximum atomic E-state index is 14.6. The molecule has 4 aromatic carbocycles. The molecule has 0 aliphatic carbocycles. The highest BCUT2D eigenvalue weighted by atomic mass is 32.2. The molecule has 0 bridgehead atoms. The van der Waals surface area contributed by atoms with Crippen LogP contribution in [0, 0.1) is 13.8 Å². The molecular weight excluding hydrogens is 627 g/mol. The fraction of sp³-hybridized carbons (Fsp3) is 0.316. The van der Waals surface area contributed by atoms with Crippen molar-refractivity contribution in [2.75, 3.05) is 31.6 Å². The van der Waals surface area contributed by atoms with E-state index in [0.717, 1.165) is 39.4 Å². The maximum absolute atomic E-state index is 14.6. The zero-order valence-corrected chi connectivity index (χ0v) is 29.1. The fourth-order valence-electron chi connectivity index (χ4n) is 5.41. The van der Waals surface area contributed by atoms with Gasteiger partial charge in [0.05, 0.1) is 24.8 Å². The van der Waals surface area contributed by atoms with Crippen LogP contribution in [-0.4, -0.2) is 58.5 Å². The number of ether oxygens (including phenoxy) is 2. The van der Waals surface area contributed by atoms with Gasteiger partial charge in [0.2, 0.25) is 11.8 Å². The number of hydrogen-bond acceptors (Lipinski definition) is 6. The smallest absolute Gasteiger partial charge is 0.264 e. The molecule has 0 saturated carbocycles. The highest BCUT2D eigenvalue weighted by Crippen LogP contribution is 2.32. The summed E-state index contributed by atoms with van der Waals surface area (Å²) in [6.07, 6.45) is 1.94. The van der Waals surface area contributed by atoms with Crippen LogP contribution in [0.1, 0.15) is 42.0 Å². The third kappa shape index (κ3) is 9.16. The van der Waals surface area contributed by atoms with E-state index in [0.29, 0.717) is 18.0 Å². The van der Waals surface area contributed by atoms with Crippen molar-refractivity contribution in [2.24, 2.45) is 0 Å². The van der Waals surface area contributed by atoms with Gasteiger partial charge >= 0.3 is 0 Å².